The van der Waals surface area contributed by atoms with Crippen molar-refractivity contribution in [2.75, 3.05) is 13.7 Å². The maximum absolute atomic E-state index is 11.8. The van der Waals surface area contributed by atoms with Crippen LogP contribution in [0.5, 0.6) is 0 Å². The van der Waals surface area contributed by atoms with Gasteiger partial charge in [0.25, 0.3) is 0 Å². The summed E-state index contributed by atoms with van der Waals surface area (Å²) in [5.74, 6) is 0.299. The van der Waals surface area contributed by atoms with Crippen molar-refractivity contribution in [1.82, 2.24) is 0 Å². The molecule has 78 valence electrons. The van der Waals surface area contributed by atoms with E-state index in [1.807, 2.05) is 26.0 Å². The summed E-state index contributed by atoms with van der Waals surface area (Å²) >= 11 is 1.57. The molecule has 0 amide bonds. The third-order valence-corrected chi connectivity index (χ3v) is 3.20. The van der Waals surface area contributed by atoms with E-state index in [2.05, 4.69) is 0 Å². The second-order valence-corrected chi connectivity index (χ2v) is 4.74. The highest BCUT2D eigenvalue weighted by Gasteiger charge is 2.15. The molecule has 0 aliphatic heterocycles. The number of ether oxygens (including phenoxy) is 1. The molecule has 1 aromatic heterocycles. The summed E-state index contributed by atoms with van der Waals surface area (Å²) in [6.45, 7) is 4.62. The van der Waals surface area contributed by atoms with Gasteiger partial charge in [-0.3, -0.25) is 4.79 Å². The van der Waals surface area contributed by atoms with Crippen molar-refractivity contribution in [3.8, 4) is 0 Å². The molecule has 3 heteroatoms. The molecule has 0 aromatic carbocycles. The Hall–Kier alpha value is -0.670. The SMILES string of the molecule is COCCC(C)C(=O)c1ccc(C)s1. The number of ketones is 1. The summed E-state index contributed by atoms with van der Waals surface area (Å²) in [5.41, 5.74) is 0. The zero-order valence-electron chi connectivity index (χ0n) is 8.87. The highest BCUT2D eigenvalue weighted by atomic mass is 32.1. The zero-order valence-corrected chi connectivity index (χ0v) is 9.69. The summed E-state index contributed by atoms with van der Waals surface area (Å²) in [7, 11) is 1.66. The van der Waals surface area contributed by atoms with Crippen LogP contribution in [-0.4, -0.2) is 19.5 Å². The average Bonchev–Trinajstić information content (AvgIpc) is 2.60. The van der Waals surface area contributed by atoms with Crippen LogP contribution in [0.25, 0.3) is 0 Å². The summed E-state index contributed by atoms with van der Waals surface area (Å²) in [5, 5.41) is 0. The first-order chi connectivity index (χ1) is 6.65. The fraction of sp³-hybridized carbons (Fsp3) is 0.545. The van der Waals surface area contributed by atoms with Gasteiger partial charge in [0.05, 0.1) is 4.88 Å². The normalized spacial score (nSPS) is 12.8. The van der Waals surface area contributed by atoms with Crippen LogP contribution in [0.1, 0.15) is 27.9 Å². The van der Waals surface area contributed by atoms with Crippen molar-refractivity contribution in [3.63, 3.8) is 0 Å². The topological polar surface area (TPSA) is 26.3 Å². The lowest BCUT2D eigenvalue weighted by atomic mass is 10.0. The Morgan fingerprint density at radius 1 is 1.57 bits per heavy atom. The number of hydrogen-bond donors (Lipinski definition) is 0. The van der Waals surface area contributed by atoms with E-state index in [9.17, 15) is 4.79 Å². The first-order valence-electron chi connectivity index (χ1n) is 4.74. The van der Waals surface area contributed by atoms with E-state index >= 15 is 0 Å². The highest BCUT2D eigenvalue weighted by Crippen LogP contribution is 2.20. The standard InChI is InChI=1S/C11H16O2S/c1-8(6-7-13-3)11(12)10-5-4-9(2)14-10/h4-5,8H,6-7H2,1-3H3. The van der Waals surface area contributed by atoms with Gasteiger partial charge >= 0.3 is 0 Å². The maximum atomic E-state index is 11.8. The number of hydrogen-bond acceptors (Lipinski definition) is 3. The first-order valence-corrected chi connectivity index (χ1v) is 5.56. The largest absolute Gasteiger partial charge is 0.385 e. The monoisotopic (exact) mass is 212 g/mol. The van der Waals surface area contributed by atoms with E-state index in [0.29, 0.717) is 6.61 Å². The van der Waals surface area contributed by atoms with Gasteiger partial charge < -0.3 is 4.74 Å². The number of methoxy groups -OCH3 is 1. The Bertz CT molecular complexity index is 304. The van der Waals surface area contributed by atoms with Crippen molar-refractivity contribution >= 4 is 17.1 Å². The minimum Gasteiger partial charge on any atom is -0.385 e. The van der Waals surface area contributed by atoms with Crippen LogP contribution in [0.4, 0.5) is 0 Å². The predicted octanol–water partition coefficient (Wildman–Crippen LogP) is 2.91. The number of aryl methyl sites for hydroxylation is 1. The average molecular weight is 212 g/mol. The molecule has 0 aliphatic rings. The zero-order chi connectivity index (χ0) is 10.6. The number of carbonyl (C=O) groups is 1. The summed E-state index contributed by atoms with van der Waals surface area (Å²) in [6, 6.07) is 3.90. The van der Waals surface area contributed by atoms with Crippen LogP contribution < -0.4 is 0 Å². The first kappa shape index (κ1) is 11.4. The predicted molar refractivity (Wildman–Crippen MR) is 59.0 cm³/mol. The highest BCUT2D eigenvalue weighted by molar-refractivity contribution is 7.14. The van der Waals surface area contributed by atoms with Crippen LogP contribution >= 0.6 is 11.3 Å². The molecule has 1 rings (SSSR count). The molecule has 1 aromatic rings. The summed E-state index contributed by atoms with van der Waals surface area (Å²) in [6.07, 6.45) is 0.798. The third kappa shape index (κ3) is 2.93. The van der Waals surface area contributed by atoms with Crippen LogP contribution in [-0.2, 0) is 4.74 Å². The van der Waals surface area contributed by atoms with Crippen molar-refractivity contribution in [3.05, 3.63) is 21.9 Å². The molecule has 0 saturated heterocycles. The van der Waals surface area contributed by atoms with Crippen molar-refractivity contribution in [2.24, 2.45) is 5.92 Å². The molecule has 0 radical (unpaired) electrons. The fourth-order valence-corrected chi connectivity index (χ4v) is 2.16. The van der Waals surface area contributed by atoms with E-state index < -0.39 is 0 Å². The van der Waals surface area contributed by atoms with Gasteiger partial charge in [0.15, 0.2) is 5.78 Å². The van der Waals surface area contributed by atoms with Gasteiger partial charge in [-0.25, -0.2) is 0 Å². The molecule has 14 heavy (non-hydrogen) atoms. The van der Waals surface area contributed by atoms with E-state index in [1.165, 1.54) is 4.88 Å². The molecule has 0 fully saturated rings. The number of rotatable bonds is 5. The molecule has 0 spiro atoms. The van der Waals surface area contributed by atoms with E-state index in [-0.39, 0.29) is 11.7 Å². The van der Waals surface area contributed by atoms with Crippen molar-refractivity contribution in [1.29, 1.82) is 0 Å². The van der Waals surface area contributed by atoms with Crippen LogP contribution in [0.15, 0.2) is 12.1 Å². The van der Waals surface area contributed by atoms with Crippen molar-refractivity contribution < 1.29 is 9.53 Å². The summed E-state index contributed by atoms with van der Waals surface area (Å²) in [4.78, 5) is 13.9. The van der Waals surface area contributed by atoms with E-state index in [1.54, 1.807) is 18.4 Å². The van der Waals surface area contributed by atoms with Gasteiger partial charge in [-0.1, -0.05) is 6.92 Å². The lowest BCUT2D eigenvalue weighted by Gasteiger charge is -2.07. The lowest BCUT2D eigenvalue weighted by Crippen LogP contribution is -2.11. The number of Topliss-reactive ketones (excluding diaryl/α,β-unsaturated/α-hetero) is 1. The molecule has 0 bridgehead atoms. The van der Waals surface area contributed by atoms with Gasteiger partial charge in [0.1, 0.15) is 0 Å². The van der Waals surface area contributed by atoms with Crippen LogP contribution in [0.3, 0.4) is 0 Å². The van der Waals surface area contributed by atoms with Gasteiger partial charge in [-0.2, -0.15) is 0 Å². The van der Waals surface area contributed by atoms with Gasteiger partial charge in [0.2, 0.25) is 0 Å². The smallest absolute Gasteiger partial charge is 0.175 e. The lowest BCUT2D eigenvalue weighted by molar-refractivity contribution is 0.0898. The Labute approximate surface area is 88.9 Å². The number of thiophene rings is 1. The summed E-state index contributed by atoms with van der Waals surface area (Å²) < 4.78 is 4.95. The van der Waals surface area contributed by atoms with E-state index in [4.69, 9.17) is 4.74 Å². The Balaban J connectivity index is 2.56. The second-order valence-electron chi connectivity index (χ2n) is 3.46. The minimum atomic E-state index is 0.0630. The molecule has 1 atom stereocenters. The maximum Gasteiger partial charge on any atom is 0.175 e. The molecule has 0 N–H and O–H groups in total. The quantitative estimate of drug-likeness (QED) is 0.701. The molecule has 0 aliphatic carbocycles. The molecular formula is C11H16O2S. The van der Waals surface area contributed by atoms with Gasteiger partial charge in [-0.05, 0) is 25.5 Å². The molecular weight excluding hydrogens is 196 g/mol. The molecule has 2 nitrogen and oxygen atoms in total. The van der Waals surface area contributed by atoms with Crippen LogP contribution in [0, 0.1) is 12.8 Å². The molecule has 1 unspecified atom stereocenters. The Morgan fingerprint density at radius 2 is 2.29 bits per heavy atom. The third-order valence-electron chi connectivity index (χ3n) is 2.19. The number of carbonyl (C=O) groups excluding carboxylic acids is 1. The fourth-order valence-electron chi connectivity index (χ4n) is 1.24. The Morgan fingerprint density at radius 3 is 2.79 bits per heavy atom. The van der Waals surface area contributed by atoms with Gasteiger partial charge in [-0.15, -0.1) is 11.3 Å². The van der Waals surface area contributed by atoms with Gasteiger partial charge in [0, 0.05) is 24.5 Å². The molecule has 0 saturated carbocycles. The van der Waals surface area contributed by atoms with E-state index in [0.717, 1.165) is 11.3 Å². The second kappa shape index (κ2) is 5.27. The van der Waals surface area contributed by atoms with Crippen molar-refractivity contribution in [2.45, 2.75) is 20.3 Å². The molecule has 1 heterocycles. The van der Waals surface area contributed by atoms with Crippen LogP contribution in [0.2, 0.25) is 0 Å². The Kier molecular flexibility index (Phi) is 4.29. The minimum absolute atomic E-state index is 0.0630.